The zero-order chi connectivity index (χ0) is 14.0. The predicted molar refractivity (Wildman–Crippen MR) is 79.0 cm³/mol. The van der Waals surface area contributed by atoms with Gasteiger partial charge in [0.25, 0.3) is 0 Å². The summed E-state index contributed by atoms with van der Waals surface area (Å²) in [6.45, 7) is 2.57. The Balaban J connectivity index is 2.29. The van der Waals surface area contributed by atoms with Gasteiger partial charge in [-0.05, 0) is 43.9 Å². The zero-order valence-corrected chi connectivity index (χ0v) is 12.6. The van der Waals surface area contributed by atoms with Gasteiger partial charge in [-0.15, -0.1) is 0 Å². The van der Waals surface area contributed by atoms with Gasteiger partial charge < -0.3 is 15.7 Å². The van der Waals surface area contributed by atoms with E-state index in [1.807, 2.05) is 18.2 Å². The molecule has 1 aliphatic heterocycles. The van der Waals surface area contributed by atoms with Gasteiger partial charge in [0, 0.05) is 16.7 Å². The standard InChI is InChI=1S/C14H19BrN2O2/c1-9(18)11-6-5-10(8-12(11)15)17-7-3-2-4-13(17)14(16)19/h5-6,8-9,13,18H,2-4,7H2,1H3,(H2,16,19)/t9-,13?/m1/s1. The van der Waals surface area contributed by atoms with Gasteiger partial charge in [0.2, 0.25) is 5.91 Å². The molecule has 1 aromatic rings. The Morgan fingerprint density at radius 1 is 1.53 bits per heavy atom. The molecular weight excluding hydrogens is 308 g/mol. The number of rotatable bonds is 3. The molecule has 1 aliphatic rings. The normalized spacial score (nSPS) is 21.2. The number of amides is 1. The number of carbonyl (C=O) groups excluding carboxylic acids is 1. The number of aliphatic hydroxyl groups excluding tert-OH is 1. The summed E-state index contributed by atoms with van der Waals surface area (Å²) >= 11 is 3.47. The van der Waals surface area contributed by atoms with Crippen LogP contribution in [0.4, 0.5) is 5.69 Å². The maximum Gasteiger partial charge on any atom is 0.240 e. The minimum absolute atomic E-state index is 0.224. The van der Waals surface area contributed by atoms with Gasteiger partial charge in [-0.25, -0.2) is 0 Å². The number of hydrogen-bond donors (Lipinski definition) is 2. The first-order valence-corrected chi connectivity index (χ1v) is 7.33. The summed E-state index contributed by atoms with van der Waals surface area (Å²) in [5.74, 6) is -0.268. The molecule has 5 heteroatoms. The van der Waals surface area contributed by atoms with Crippen LogP contribution in [0.15, 0.2) is 22.7 Å². The first-order chi connectivity index (χ1) is 9.00. The molecule has 1 aromatic carbocycles. The maximum absolute atomic E-state index is 11.5. The molecule has 0 aromatic heterocycles. The number of piperidine rings is 1. The minimum atomic E-state index is -0.517. The first-order valence-electron chi connectivity index (χ1n) is 6.54. The summed E-state index contributed by atoms with van der Waals surface area (Å²) in [5.41, 5.74) is 7.29. The second-order valence-electron chi connectivity index (χ2n) is 4.99. The van der Waals surface area contributed by atoms with Crippen LogP contribution in [-0.2, 0) is 4.79 Å². The molecular formula is C14H19BrN2O2. The molecule has 3 N–H and O–H groups in total. The summed E-state index contributed by atoms with van der Waals surface area (Å²) in [4.78, 5) is 13.6. The number of aliphatic hydroxyl groups is 1. The lowest BCUT2D eigenvalue weighted by molar-refractivity contribution is -0.119. The second-order valence-corrected chi connectivity index (χ2v) is 5.84. The van der Waals surface area contributed by atoms with Crippen LogP contribution in [0, 0.1) is 0 Å². The zero-order valence-electron chi connectivity index (χ0n) is 11.0. The Morgan fingerprint density at radius 3 is 2.84 bits per heavy atom. The van der Waals surface area contributed by atoms with E-state index >= 15 is 0 Å². The summed E-state index contributed by atoms with van der Waals surface area (Å²) in [5, 5.41) is 9.63. The molecule has 1 amide bonds. The van der Waals surface area contributed by atoms with Crippen LogP contribution < -0.4 is 10.6 Å². The molecule has 1 fully saturated rings. The molecule has 0 saturated carbocycles. The lowest BCUT2D eigenvalue weighted by Crippen LogP contribution is -2.47. The van der Waals surface area contributed by atoms with Crippen molar-refractivity contribution in [1.82, 2.24) is 0 Å². The number of halogens is 1. The Kier molecular flexibility index (Phi) is 4.47. The second kappa shape index (κ2) is 5.92. The van der Waals surface area contributed by atoms with E-state index in [9.17, 15) is 9.90 Å². The Bertz CT molecular complexity index is 477. The average Bonchev–Trinajstić information content (AvgIpc) is 2.38. The lowest BCUT2D eigenvalue weighted by Gasteiger charge is -2.35. The monoisotopic (exact) mass is 326 g/mol. The fourth-order valence-electron chi connectivity index (χ4n) is 2.57. The fourth-order valence-corrected chi connectivity index (χ4v) is 3.27. The average molecular weight is 327 g/mol. The highest BCUT2D eigenvalue weighted by atomic mass is 79.9. The van der Waals surface area contributed by atoms with E-state index in [1.165, 1.54) is 0 Å². The van der Waals surface area contributed by atoms with Crippen molar-refractivity contribution in [2.24, 2.45) is 5.73 Å². The van der Waals surface area contributed by atoms with Gasteiger partial charge in [-0.2, -0.15) is 0 Å². The molecule has 1 saturated heterocycles. The Morgan fingerprint density at radius 2 is 2.26 bits per heavy atom. The summed E-state index contributed by atoms with van der Waals surface area (Å²) in [7, 11) is 0. The van der Waals surface area contributed by atoms with Crippen LogP contribution in [0.2, 0.25) is 0 Å². The number of anilines is 1. The molecule has 0 aliphatic carbocycles. The van der Waals surface area contributed by atoms with E-state index in [2.05, 4.69) is 20.8 Å². The minimum Gasteiger partial charge on any atom is -0.389 e. The fraction of sp³-hybridized carbons (Fsp3) is 0.500. The number of nitrogens with two attached hydrogens (primary N) is 1. The van der Waals surface area contributed by atoms with Gasteiger partial charge in [0.05, 0.1) is 6.10 Å². The smallest absolute Gasteiger partial charge is 0.240 e. The largest absolute Gasteiger partial charge is 0.389 e. The van der Waals surface area contributed by atoms with Crippen LogP contribution in [0.1, 0.15) is 37.9 Å². The quantitative estimate of drug-likeness (QED) is 0.895. The SMILES string of the molecule is C[C@@H](O)c1ccc(N2CCCCC2C(N)=O)cc1Br. The number of nitrogens with zero attached hydrogens (tertiary/aromatic N) is 1. The molecule has 104 valence electrons. The van der Waals surface area contributed by atoms with E-state index < -0.39 is 6.10 Å². The summed E-state index contributed by atoms with van der Waals surface area (Å²) in [6.07, 6.45) is 2.40. The molecule has 1 unspecified atom stereocenters. The summed E-state index contributed by atoms with van der Waals surface area (Å²) in [6, 6.07) is 5.55. The van der Waals surface area contributed by atoms with E-state index in [0.29, 0.717) is 0 Å². The third-order valence-electron chi connectivity index (χ3n) is 3.60. The summed E-state index contributed by atoms with van der Waals surface area (Å²) < 4.78 is 0.855. The molecule has 0 radical (unpaired) electrons. The van der Waals surface area contributed by atoms with Crippen molar-refractivity contribution in [3.63, 3.8) is 0 Å². The Hall–Kier alpha value is -1.07. The first kappa shape index (κ1) is 14.3. The van der Waals surface area contributed by atoms with Gasteiger partial charge in [0.1, 0.15) is 6.04 Å². The van der Waals surface area contributed by atoms with Gasteiger partial charge in [-0.1, -0.05) is 22.0 Å². The van der Waals surface area contributed by atoms with E-state index in [4.69, 9.17) is 5.73 Å². The van der Waals surface area contributed by atoms with E-state index in [1.54, 1.807) is 6.92 Å². The number of benzene rings is 1. The number of hydrogen-bond acceptors (Lipinski definition) is 3. The third kappa shape index (κ3) is 3.09. The van der Waals surface area contributed by atoms with Crippen LogP contribution in [0.5, 0.6) is 0 Å². The molecule has 4 nitrogen and oxygen atoms in total. The Labute approximate surface area is 121 Å². The van der Waals surface area contributed by atoms with Gasteiger partial charge in [0.15, 0.2) is 0 Å². The van der Waals surface area contributed by atoms with Gasteiger partial charge >= 0.3 is 0 Å². The number of carbonyl (C=O) groups is 1. The van der Waals surface area contributed by atoms with Crippen LogP contribution >= 0.6 is 15.9 Å². The van der Waals surface area contributed by atoms with Crippen molar-refractivity contribution in [2.45, 2.75) is 38.3 Å². The highest BCUT2D eigenvalue weighted by molar-refractivity contribution is 9.10. The lowest BCUT2D eigenvalue weighted by atomic mass is 10.00. The van der Waals surface area contributed by atoms with E-state index in [-0.39, 0.29) is 11.9 Å². The van der Waals surface area contributed by atoms with Crippen molar-refractivity contribution < 1.29 is 9.90 Å². The molecule has 2 atom stereocenters. The highest BCUT2D eigenvalue weighted by Gasteiger charge is 2.27. The number of primary amides is 1. The molecule has 0 spiro atoms. The van der Waals surface area contributed by atoms with Crippen molar-refractivity contribution >= 4 is 27.5 Å². The van der Waals surface area contributed by atoms with Crippen molar-refractivity contribution in [1.29, 1.82) is 0 Å². The highest BCUT2D eigenvalue weighted by Crippen LogP contribution is 2.31. The van der Waals surface area contributed by atoms with E-state index in [0.717, 1.165) is 41.5 Å². The maximum atomic E-state index is 11.5. The molecule has 1 heterocycles. The molecule has 19 heavy (non-hydrogen) atoms. The predicted octanol–water partition coefficient (Wildman–Crippen LogP) is 2.35. The molecule has 0 bridgehead atoms. The van der Waals surface area contributed by atoms with Crippen LogP contribution in [-0.4, -0.2) is 23.6 Å². The van der Waals surface area contributed by atoms with Crippen LogP contribution in [0.3, 0.4) is 0 Å². The van der Waals surface area contributed by atoms with Crippen molar-refractivity contribution in [3.05, 3.63) is 28.2 Å². The van der Waals surface area contributed by atoms with Crippen molar-refractivity contribution in [2.75, 3.05) is 11.4 Å². The van der Waals surface area contributed by atoms with Crippen LogP contribution in [0.25, 0.3) is 0 Å². The van der Waals surface area contributed by atoms with Gasteiger partial charge in [-0.3, -0.25) is 4.79 Å². The van der Waals surface area contributed by atoms with Crippen molar-refractivity contribution in [3.8, 4) is 0 Å². The third-order valence-corrected chi connectivity index (χ3v) is 4.28. The molecule has 2 rings (SSSR count). The topological polar surface area (TPSA) is 66.6 Å².